The number of hydrogen-bond acceptors (Lipinski definition) is 7. The third kappa shape index (κ3) is 6.05. The van der Waals surface area contributed by atoms with Crippen LogP contribution in [0.5, 0.6) is 11.5 Å². The first-order valence-electron chi connectivity index (χ1n) is 12.7. The van der Waals surface area contributed by atoms with Gasteiger partial charge in [0.05, 0.1) is 23.8 Å². The second-order valence-electron chi connectivity index (χ2n) is 9.53. The van der Waals surface area contributed by atoms with E-state index in [4.69, 9.17) is 21.1 Å². The average Bonchev–Trinajstić information content (AvgIpc) is 3.31. The summed E-state index contributed by atoms with van der Waals surface area (Å²) in [5.74, 6) is 1.59. The molecule has 3 aromatic rings. The molecule has 0 spiro atoms. The molecule has 5 rings (SSSR count). The fraction of sp³-hybridized carbons (Fsp3) is 0.444. The molecule has 1 saturated heterocycles. The van der Waals surface area contributed by atoms with Crippen LogP contribution in [0.3, 0.4) is 0 Å². The van der Waals surface area contributed by atoms with E-state index in [9.17, 15) is 9.18 Å². The first-order valence-corrected chi connectivity index (χ1v) is 13.1. The molecule has 1 aliphatic heterocycles. The van der Waals surface area contributed by atoms with Crippen molar-refractivity contribution in [3.8, 4) is 11.5 Å². The van der Waals surface area contributed by atoms with Gasteiger partial charge in [-0.15, -0.1) is 0 Å². The maximum atomic E-state index is 13.6. The van der Waals surface area contributed by atoms with E-state index in [1.165, 1.54) is 18.5 Å². The highest BCUT2D eigenvalue weighted by atomic mass is 35.5. The maximum Gasteiger partial charge on any atom is 0.222 e. The predicted octanol–water partition coefficient (Wildman–Crippen LogP) is 5.08. The van der Waals surface area contributed by atoms with Gasteiger partial charge in [0.1, 0.15) is 18.0 Å². The van der Waals surface area contributed by atoms with E-state index in [1.807, 2.05) is 17.0 Å². The van der Waals surface area contributed by atoms with Crippen molar-refractivity contribution >= 4 is 39.9 Å². The van der Waals surface area contributed by atoms with Gasteiger partial charge >= 0.3 is 0 Å². The lowest BCUT2D eigenvalue weighted by molar-refractivity contribution is -0.127. The van der Waals surface area contributed by atoms with Gasteiger partial charge in [-0.05, 0) is 56.4 Å². The van der Waals surface area contributed by atoms with Gasteiger partial charge < -0.3 is 25.0 Å². The van der Waals surface area contributed by atoms with Crippen LogP contribution in [0.1, 0.15) is 38.5 Å². The minimum absolute atomic E-state index is 0.0312. The zero-order valence-corrected chi connectivity index (χ0v) is 21.6. The lowest BCUT2D eigenvalue weighted by Gasteiger charge is -2.30. The maximum absolute atomic E-state index is 13.6. The normalized spacial score (nSPS) is 19.9. The van der Waals surface area contributed by atoms with Crippen LogP contribution in [-0.4, -0.2) is 59.7 Å². The van der Waals surface area contributed by atoms with Crippen molar-refractivity contribution in [3.63, 3.8) is 0 Å². The third-order valence-corrected chi connectivity index (χ3v) is 7.35. The number of nitrogens with zero attached hydrogens (tertiary/aromatic N) is 3. The van der Waals surface area contributed by atoms with Gasteiger partial charge in [-0.3, -0.25) is 4.79 Å². The van der Waals surface area contributed by atoms with E-state index in [1.54, 1.807) is 13.2 Å². The van der Waals surface area contributed by atoms with Crippen LogP contribution in [0.2, 0.25) is 5.02 Å². The molecule has 0 atom stereocenters. The summed E-state index contributed by atoms with van der Waals surface area (Å²) in [5.41, 5.74) is 1.31. The van der Waals surface area contributed by atoms with Crippen LogP contribution in [0, 0.1) is 5.82 Å². The second-order valence-corrected chi connectivity index (χ2v) is 9.93. The number of nitrogens with one attached hydrogen (secondary N) is 2. The Morgan fingerprint density at radius 2 is 1.97 bits per heavy atom. The second kappa shape index (κ2) is 11.5. The monoisotopic (exact) mass is 527 g/mol. The third-order valence-electron chi connectivity index (χ3n) is 7.06. The van der Waals surface area contributed by atoms with E-state index in [-0.39, 0.29) is 17.0 Å². The summed E-state index contributed by atoms with van der Waals surface area (Å²) in [7, 11) is 1.61. The number of rotatable bonds is 9. The van der Waals surface area contributed by atoms with Crippen molar-refractivity contribution in [1.29, 1.82) is 0 Å². The summed E-state index contributed by atoms with van der Waals surface area (Å²) in [4.78, 5) is 22.5. The minimum Gasteiger partial charge on any atom is -0.493 e. The topological polar surface area (TPSA) is 88.6 Å². The number of carbonyl (C=O) groups excluding carboxylic acids is 1. The molecule has 1 saturated carbocycles. The Morgan fingerprint density at radius 1 is 1.14 bits per heavy atom. The summed E-state index contributed by atoms with van der Waals surface area (Å²) < 4.78 is 25.6. The van der Waals surface area contributed by atoms with Crippen molar-refractivity contribution in [2.45, 2.75) is 50.7 Å². The summed E-state index contributed by atoms with van der Waals surface area (Å²) in [6, 6.07) is 8.58. The van der Waals surface area contributed by atoms with E-state index in [0.717, 1.165) is 57.1 Å². The zero-order chi connectivity index (χ0) is 25.8. The van der Waals surface area contributed by atoms with Crippen LogP contribution in [-0.2, 0) is 4.79 Å². The molecule has 2 N–H and O–H groups in total. The number of benzene rings is 2. The molecule has 8 nitrogen and oxygen atoms in total. The molecule has 0 radical (unpaired) electrons. The highest BCUT2D eigenvalue weighted by Gasteiger charge is 2.25. The van der Waals surface area contributed by atoms with Crippen molar-refractivity contribution in [1.82, 2.24) is 20.2 Å². The molecule has 196 valence electrons. The Hall–Kier alpha value is -3.17. The largest absolute Gasteiger partial charge is 0.493 e. The Labute approximate surface area is 220 Å². The number of methoxy groups -OCH3 is 1. The highest BCUT2D eigenvalue weighted by molar-refractivity contribution is 6.31. The summed E-state index contributed by atoms with van der Waals surface area (Å²) in [5, 5.41) is 7.59. The van der Waals surface area contributed by atoms with Gasteiger partial charge in [0.2, 0.25) is 5.91 Å². The van der Waals surface area contributed by atoms with Gasteiger partial charge in [0.25, 0.3) is 0 Å². The van der Waals surface area contributed by atoms with Crippen LogP contribution in [0.4, 0.5) is 15.9 Å². The van der Waals surface area contributed by atoms with Crippen LogP contribution in [0.25, 0.3) is 10.9 Å². The molecule has 1 aromatic heterocycles. The summed E-state index contributed by atoms with van der Waals surface area (Å²) in [6.07, 6.45) is 7.06. The average molecular weight is 528 g/mol. The number of anilines is 2. The Kier molecular flexibility index (Phi) is 7.90. The van der Waals surface area contributed by atoms with Crippen molar-refractivity contribution in [2.75, 3.05) is 32.1 Å². The molecule has 2 heterocycles. The lowest BCUT2D eigenvalue weighted by atomic mass is 9.93. The molecule has 2 fully saturated rings. The quantitative estimate of drug-likeness (QED) is 0.401. The van der Waals surface area contributed by atoms with E-state index in [2.05, 4.69) is 20.6 Å². The molecule has 37 heavy (non-hydrogen) atoms. The summed E-state index contributed by atoms with van der Waals surface area (Å²) >= 11 is 5.94. The fourth-order valence-corrected chi connectivity index (χ4v) is 5.21. The summed E-state index contributed by atoms with van der Waals surface area (Å²) in [6.45, 7) is 2.50. The lowest BCUT2D eigenvalue weighted by Crippen LogP contribution is -2.40. The predicted molar refractivity (Wildman–Crippen MR) is 141 cm³/mol. The number of aromatic nitrogens is 2. The van der Waals surface area contributed by atoms with Crippen LogP contribution >= 0.6 is 11.6 Å². The van der Waals surface area contributed by atoms with Gasteiger partial charge in [-0.2, -0.15) is 0 Å². The SMILES string of the molecule is COc1cc2ncnc(Nc3ccc(F)c(Cl)c3)c2cc1OC1CCC(NCCN2CCCC2=O)CC1. The zero-order valence-electron chi connectivity index (χ0n) is 20.8. The Morgan fingerprint density at radius 3 is 2.70 bits per heavy atom. The smallest absolute Gasteiger partial charge is 0.222 e. The molecular weight excluding hydrogens is 497 g/mol. The Bertz CT molecular complexity index is 1270. The van der Waals surface area contributed by atoms with E-state index < -0.39 is 5.82 Å². The van der Waals surface area contributed by atoms with E-state index in [0.29, 0.717) is 41.0 Å². The molecular formula is C27H31ClFN5O3. The molecule has 10 heteroatoms. The first-order chi connectivity index (χ1) is 18.0. The molecule has 2 aliphatic rings. The van der Waals surface area contributed by atoms with Crippen LogP contribution in [0.15, 0.2) is 36.7 Å². The molecule has 0 bridgehead atoms. The van der Waals surface area contributed by atoms with E-state index >= 15 is 0 Å². The number of likely N-dealkylation sites (tertiary alicyclic amines) is 1. The minimum atomic E-state index is -0.480. The number of fused-ring (bicyclic) bond motifs is 1. The molecule has 1 amide bonds. The number of ether oxygens (including phenoxy) is 2. The molecule has 0 unspecified atom stereocenters. The fourth-order valence-electron chi connectivity index (χ4n) is 5.03. The number of amides is 1. The van der Waals surface area contributed by atoms with Crippen LogP contribution < -0.4 is 20.1 Å². The van der Waals surface area contributed by atoms with Gasteiger partial charge in [0, 0.05) is 49.2 Å². The standard InChI is InChI=1S/C27H31ClFN5O3/c1-36-24-15-23-20(27(32-16-31-23)33-18-6-9-22(29)21(28)13-18)14-25(24)37-19-7-4-17(5-8-19)30-10-12-34-11-2-3-26(34)35/h6,9,13-17,19,30H,2-5,7-8,10-12H2,1H3,(H,31,32,33). The number of carbonyl (C=O) groups is 1. The van der Waals surface area contributed by atoms with Gasteiger partial charge in [-0.25, -0.2) is 14.4 Å². The Balaban J connectivity index is 1.23. The molecule has 2 aromatic carbocycles. The van der Waals surface area contributed by atoms with Crippen molar-refractivity contribution < 1.29 is 18.7 Å². The number of halogens is 2. The highest BCUT2D eigenvalue weighted by Crippen LogP contribution is 2.37. The molecule has 1 aliphatic carbocycles. The number of hydrogen-bond donors (Lipinski definition) is 2. The van der Waals surface area contributed by atoms with Gasteiger partial charge in [0.15, 0.2) is 11.5 Å². The van der Waals surface area contributed by atoms with Gasteiger partial charge in [-0.1, -0.05) is 11.6 Å². The van der Waals surface area contributed by atoms with Crippen molar-refractivity contribution in [3.05, 3.63) is 47.5 Å². The van der Waals surface area contributed by atoms with Crippen molar-refractivity contribution in [2.24, 2.45) is 0 Å². The first kappa shape index (κ1) is 25.5.